The Labute approximate surface area is 140 Å². The number of benzene rings is 1. The first kappa shape index (κ1) is 18.6. The number of hydrogen-bond donors (Lipinski definition) is 1. The summed E-state index contributed by atoms with van der Waals surface area (Å²) in [7, 11) is 0. The van der Waals surface area contributed by atoms with Crippen molar-refractivity contribution < 1.29 is 0 Å². The second-order valence-corrected chi connectivity index (χ2v) is 5.69. The summed E-state index contributed by atoms with van der Waals surface area (Å²) in [5.41, 5.74) is 8.53. The number of hydrogen-bond acceptors (Lipinski definition) is 2. The lowest BCUT2D eigenvalue weighted by Crippen LogP contribution is -2.07. The van der Waals surface area contributed by atoms with Gasteiger partial charge in [-0.05, 0) is 12.0 Å². The van der Waals surface area contributed by atoms with E-state index in [0.29, 0.717) is 5.95 Å². The lowest BCUT2D eigenvalue weighted by Gasteiger charge is -2.10. The number of rotatable bonds is 9. The van der Waals surface area contributed by atoms with Crippen LogP contribution in [0.2, 0.25) is 0 Å². The highest BCUT2D eigenvalue weighted by Crippen LogP contribution is 2.15. The fourth-order valence-electron chi connectivity index (χ4n) is 2.68. The van der Waals surface area contributed by atoms with E-state index < -0.39 is 0 Å². The number of nitrogens with zero attached hydrogens (tertiary/aromatic N) is 2. The third kappa shape index (κ3) is 5.72. The molecule has 1 heterocycles. The van der Waals surface area contributed by atoms with Gasteiger partial charge in [0, 0.05) is 18.7 Å². The zero-order valence-corrected chi connectivity index (χ0v) is 14.3. The highest BCUT2D eigenvalue weighted by atomic mass is 35.5. The molecule has 0 saturated carbocycles. The molecule has 0 aliphatic carbocycles. The molecule has 1 aromatic carbocycles. The molecule has 22 heavy (non-hydrogen) atoms. The average molecular weight is 322 g/mol. The normalized spacial score (nSPS) is 10.4. The van der Waals surface area contributed by atoms with Crippen LogP contribution >= 0.6 is 12.4 Å². The highest BCUT2D eigenvalue weighted by Gasteiger charge is 2.07. The summed E-state index contributed by atoms with van der Waals surface area (Å²) in [6, 6.07) is 10.5. The Morgan fingerprint density at radius 3 is 2.41 bits per heavy atom. The number of aromatic nitrogens is 2. The SMILES string of the molecule is CCCCCCCCn1c(Cc2ccccc2)cnc1N.Cl. The third-order valence-electron chi connectivity index (χ3n) is 3.93. The molecule has 4 heteroatoms. The van der Waals surface area contributed by atoms with Crippen molar-refractivity contribution in [2.45, 2.75) is 58.4 Å². The number of anilines is 1. The van der Waals surface area contributed by atoms with Crippen LogP contribution in [0.1, 0.15) is 56.7 Å². The van der Waals surface area contributed by atoms with Crippen molar-refractivity contribution >= 4 is 18.4 Å². The summed E-state index contributed by atoms with van der Waals surface area (Å²) in [6.07, 6.45) is 10.6. The number of imidazole rings is 1. The van der Waals surface area contributed by atoms with Gasteiger partial charge in [-0.1, -0.05) is 69.4 Å². The predicted molar refractivity (Wildman–Crippen MR) is 96.5 cm³/mol. The van der Waals surface area contributed by atoms with E-state index in [9.17, 15) is 0 Å². The largest absolute Gasteiger partial charge is 0.369 e. The fraction of sp³-hybridized carbons (Fsp3) is 0.500. The molecular weight excluding hydrogens is 294 g/mol. The maximum absolute atomic E-state index is 6.01. The van der Waals surface area contributed by atoms with E-state index in [4.69, 9.17) is 5.73 Å². The van der Waals surface area contributed by atoms with Crippen molar-refractivity contribution in [1.29, 1.82) is 0 Å². The molecule has 0 fully saturated rings. The van der Waals surface area contributed by atoms with Crippen LogP contribution < -0.4 is 5.73 Å². The van der Waals surface area contributed by atoms with Gasteiger partial charge in [0.1, 0.15) is 0 Å². The quantitative estimate of drug-likeness (QED) is 0.672. The van der Waals surface area contributed by atoms with Crippen molar-refractivity contribution in [3.8, 4) is 0 Å². The van der Waals surface area contributed by atoms with Crippen LogP contribution in [0.25, 0.3) is 0 Å². The molecule has 0 radical (unpaired) electrons. The van der Waals surface area contributed by atoms with Crippen LogP contribution in [0, 0.1) is 0 Å². The summed E-state index contributed by atoms with van der Waals surface area (Å²) in [5, 5.41) is 0. The Morgan fingerprint density at radius 2 is 1.68 bits per heavy atom. The highest BCUT2D eigenvalue weighted by molar-refractivity contribution is 5.85. The summed E-state index contributed by atoms with van der Waals surface area (Å²) >= 11 is 0. The summed E-state index contributed by atoms with van der Waals surface area (Å²) < 4.78 is 2.17. The van der Waals surface area contributed by atoms with E-state index in [1.54, 1.807) is 0 Å². The molecule has 122 valence electrons. The van der Waals surface area contributed by atoms with E-state index in [1.807, 2.05) is 12.3 Å². The molecule has 2 N–H and O–H groups in total. The molecule has 2 aromatic rings. The van der Waals surface area contributed by atoms with Gasteiger partial charge < -0.3 is 10.3 Å². The Balaban J connectivity index is 0.00000242. The van der Waals surface area contributed by atoms with Crippen LogP contribution in [-0.4, -0.2) is 9.55 Å². The van der Waals surface area contributed by atoms with Crippen LogP contribution in [0.5, 0.6) is 0 Å². The van der Waals surface area contributed by atoms with Gasteiger partial charge in [-0.3, -0.25) is 0 Å². The van der Waals surface area contributed by atoms with Gasteiger partial charge in [-0.25, -0.2) is 4.98 Å². The molecule has 1 aromatic heterocycles. The number of nitrogen functional groups attached to an aromatic ring is 1. The molecule has 0 atom stereocenters. The number of nitrogens with two attached hydrogens (primary N) is 1. The molecule has 3 nitrogen and oxygen atoms in total. The Bertz CT molecular complexity index is 522. The Hall–Kier alpha value is -1.48. The van der Waals surface area contributed by atoms with Gasteiger partial charge in [0.25, 0.3) is 0 Å². The topological polar surface area (TPSA) is 43.8 Å². The standard InChI is InChI=1S/C18H27N3.ClH/c1-2-3-4-5-6-10-13-21-17(15-20-18(21)19)14-16-11-8-7-9-12-16;/h7-9,11-12,15H,2-6,10,13-14H2,1H3,(H2,19,20);1H. The maximum Gasteiger partial charge on any atom is 0.200 e. The molecule has 0 bridgehead atoms. The fourth-order valence-corrected chi connectivity index (χ4v) is 2.68. The van der Waals surface area contributed by atoms with Crippen molar-refractivity contribution in [3.05, 3.63) is 47.8 Å². The maximum atomic E-state index is 6.01. The molecule has 2 rings (SSSR count). The molecule has 0 aliphatic heterocycles. The number of unbranched alkanes of at least 4 members (excludes halogenated alkanes) is 5. The first-order valence-electron chi connectivity index (χ1n) is 8.15. The molecule has 0 unspecified atom stereocenters. The van der Waals surface area contributed by atoms with Gasteiger partial charge in [-0.15, -0.1) is 12.4 Å². The first-order valence-corrected chi connectivity index (χ1v) is 8.15. The van der Waals surface area contributed by atoms with Crippen molar-refractivity contribution in [1.82, 2.24) is 9.55 Å². The summed E-state index contributed by atoms with van der Waals surface area (Å²) in [4.78, 5) is 4.28. The van der Waals surface area contributed by atoms with Crippen LogP contribution in [0.4, 0.5) is 5.95 Å². The van der Waals surface area contributed by atoms with Gasteiger partial charge >= 0.3 is 0 Å². The summed E-state index contributed by atoms with van der Waals surface area (Å²) in [6.45, 7) is 3.24. The van der Waals surface area contributed by atoms with Crippen LogP contribution in [-0.2, 0) is 13.0 Å². The zero-order chi connectivity index (χ0) is 14.9. The Kier molecular flexibility index (Phi) is 8.68. The number of halogens is 1. The third-order valence-corrected chi connectivity index (χ3v) is 3.93. The smallest absolute Gasteiger partial charge is 0.200 e. The van der Waals surface area contributed by atoms with Gasteiger partial charge in [-0.2, -0.15) is 0 Å². The van der Waals surface area contributed by atoms with Crippen LogP contribution in [0.3, 0.4) is 0 Å². The monoisotopic (exact) mass is 321 g/mol. The average Bonchev–Trinajstić information content (AvgIpc) is 2.84. The minimum Gasteiger partial charge on any atom is -0.369 e. The molecule has 0 amide bonds. The first-order chi connectivity index (χ1) is 10.3. The van der Waals surface area contributed by atoms with Crippen LogP contribution in [0.15, 0.2) is 36.5 Å². The van der Waals surface area contributed by atoms with Gasteiger partial charge in [0.2, 0.25) is 0 Å². The van der Waals surface area contributed by atoms with E-state index in [-0.39, 0.29) is 12.4 Å². The molecular formula is C18H28ClN3. The second-order valence-electron chi connectivity index (χ2n) is 5.69. The van der Waals surface area contributed by atoms with Crippen molar-refractivity contribution in [2.24, 2.45) is 0 Å². The van der Waals surface area contributed by atoms with Gasteiger partial charge in [0.05, 0.1) is 6.20 Å². The Morgan fingerprint density at radius 1 is 1.00 bits per heavy atom. The van der Waals surface area contributed by atoms with E-state index in [1.165, 1.54) is 49.8 Å². The van der Waals surface area contributed by atoms with Crippen molar-refractivity contribution in [3.63, 3.8) is 0 Å². The minimum absolute atomic E-state index is 0. The molecule has 0 saturated heterocycles. The second kappa shape index (κ2) is 10.3. The minimum atomic E-state index is 0. The summed E-state index contributed by atoms with van der Waals surface area (Å²) in [5.74, 6) is 0.648. The molecule has 0 aliphatic rings. The predicted octanol–water partition coefficient (Wildman–Crippen LogP) is 4.84. The zero-order valence-electron chi connectivity index (χ0n) is 13.5. The van der Waals surface area contributed by atoms with E-state index in [2.05, 4.69) is 40.7 Å². The van der Waals surface area contributed by atoms with Crippen molar-refractivity contribution in [2.75, 3.05) is 5.73 Å². The lowest BCUT2D eigenvalue weighted by atomic mass is 10.1. The molecule has 0 spiro atoms. The van der Waals surface area contributed by atoms with Gasteiger partial charge in [0.15, 0.2) is 5.95 Å². The lowest BCUT2D eigenvalue weighted by molar-refractivity contribution is 0.554. The van der Waals surface area contributed by atoms with E-state index in [0.717, 1.165) is 13.0 Å². The van der Waals surface area contributed by atoms with E-state index >= 15 is 0 Å².